The molecule has 0 aliphatic carbocycles. The highest BCUT2D eigenvalue weighted by molar-refractivity contribution is 7.99. The molecule has 0 saturated carbocycles. The molecule has 0 bridgehead atoms. The zero-order valence-electron chi connectivity index (χ0n) is 22.2. The van der Waals surface area contributed by atoms with Gasteiger partial charge in [-0.3, -0.25) is 19.4 Å². The summed E-state index contributed by atoms with van der Waals surface area (Å²) in [6.07, 6.45) is 0.923. The molecular formula is C26H25ClF2N4O7S. The molecule has 0 spiro atoms. The van der Waals surface area contributed by atoms with E-state index in [0.29, 0.717) is 9.92 Å². The zero-order valence-corrected chi connectivity index (χ0v) is 23.8. The number of rotatable bonds is 8. The lowest BCUT2D eigenvalue weighted by Gasteiger charge is -2.44. The molecule has 1 aromatic carbocycles. The normalized spacial score (nSPS) is 22.2. The standard InChI is InChI=1S/C26H25ClF2N4O7S/c1-12-19(28)5-16(6-20(12)29)21-10-33(32-31-21)23-24(38-14(3)35)22(11-37-13(2)34)40-26(25(23)39-15(4)36)41-18-7-17(27)8-30-9-18/h5-10,22-26H,11H2,1-4H3. The van der Waals surface area contributed by atoms with Crippen LogP contribution in [0.15, 0.2) is 41.7 Å². The lowest BCUT2D eigenvalue weighted by molar-refractivity contribution is -0.212. The fraction of sp³-hybridized carbons (Fsp3) is 0.385. The first-order valence-corrected chi connectivity index (χ1v) is 13.5. The second-order valence-corrected chi connectivity index (χ2v) is 10.7. The Balaban J connectivity index is 1.82. The van der Waals surface area contributed by atoms with Crippen molar-refractivity contribution in [2.24, 2.45) is 0 Å². The van der Waals surface area contributed by atoms with Gasteiger partial charge in [0.25, 0.3) is 0 Å². The van der Waals surface area contributed by atoms with Crippen LogP contribution in [-0.4, -0.2) is 68.2 Å². The molecule has 1 saturated heterocycles. The number of hydrogen-bond donors (Lipinski definition) is 0. The molecule has 5 atom stereocenters. The largest absolute Gasteiger partial charge is 0.463 e. The van der Waals surface area contributed by atoms with Crippen LogP contribution < -0.4 is 0 Å². The number of esters is 3. The fourth-order valence-electron chi connectivity index (χ4n) is 4.22. The predicted octanol–water partition coefficient (Wildman–Crippen LogP) is 4.06. The Hall–Kier alpha value is -3.62. The summed E-state index contributed by atoms with van der Waals surface area (Å²) < 4.78 is 52.5. The Morgan fingerprint density at radius 1 is 1.02 bits per heavy atom. The van der Waals surface area contributed by atoms with Crippen molar-refractivity contribution in [1.29, 1.82) is 0 Å². The Morgan fingerprint density at radius 3 is 2.29 bits per heavy atom. The number of carbonyl (C=O) groups excluding carboxylic acids is 3. The van der Waals surface area contributed by atoms with Crippen molar-refractivity contribution < 1.29 is 42.1 Å². The number of ether oxygens (including phenoxy) is 4. The summed E-state index contributed by atoms with van der Waals surface area (Å²) in [7, 11) is 0. The van der Waals surface area contributed by atoms with Gasteiger partial charge in [0.2, 0.25) is 0 Å². The third kappa shape index (κ3) is 7.37. The van der Waals surface area contributed by atoms with Gasteiger partial charge in [-0.15, -0.1) is 5.10 Å². The van der Waals surface area contributed by atoms with Crippen molar-refractivity contribution >= 4 is 41.3 Å². The molecule has 11 nitrogen and oxygen atoms in total. The fourth-order valence-corrected chi connectivity index (χ4v) is 5.59. The lowest BCUT2D eigenvalue weighted by Crippen LogP contribution is -2.57. The maximum Gasteiger partial charge on any atom is 0.303 e. The third-order valence-corrected chi connectivity index (χ3v) is 7.31. The molecule has 3 heterocycles. The molecule has 3 aromatic rings. The Labute approximate surface area is 242 Å². The summed E-state index contributed by atoms with van der Waals surface area (Å²) in [5.74, 6) is -3.54. The van der Waals surface area contributed by atoms with Gasteiger partial charge >= 0.3 is 17.9 Å². The van der Waals surface area contributed by atoms with E-state index in [2.05, 4.69) is 15.3 Å². The van der Waals surface area contributed by atoms with Gasteiger partial charge in [-0.05, 0) is 25.1 Å². The van der Waals surface area contributed by atoms with E-state index >= 15 is 0 Å². The van der Waals surface area contributed by atoms with Gasteiger partial charge in [-0.1, -0.05) is 28.6 Å². The van der Waals surface area contributed by atoms with Gasteiger partial charge in [0.15, 0.2) is 12.2 Å². The highest BCUT2D eigenvalue weighted by atomic mass is 35.5. The molecule has 1 aliphatic heterocycles. The minimum atomic E-state index is -1.20. The average molecular weight is 611 g/mol. The second-order valence-electron chi connectivity index (χ2n) is 9.09. The number of pyridine rings is 1. The van der Waals surface area contributed by atoms with Crippen LogP contribution >= 0.6 is 23.4 Å². The molecule has 5 unspecified atom stereocenters. The first-order valence-electron chi connectivity index (χ1n) is 12.2. The Kier molecular flexibility index (Phi) is 9.56. The van der Waals surface area contributed by atoms with E-state index < -0.39 is 59.3 Å². The van der Waals surface area contributed by atoms with Crippen molar-refractivity contribution in [3.8, 4) is 11.3 Å². The predicted molar refractivity (Wildman–Crippen MR) is 141 cm³/mol. The molecule has 1 fully saturated rings. The SMILES string of the molecule is CC(=O)OCC1OC(Sc2cncc(Cl)c2)C(OC(C)=O)C(n2cc(-c3cc(F)c(C)c(F)c3)nn2)C1OC(C)=O. The number of aromatic nitrogens is 4. The van der Waals surface area contributed by atoms with E-state index in [1.807, 2.05) is 0 Å². The molecule has 0 N–H and O–H groups in total. The van der Waals surface area contributed by atoms with E-state index in [1.165, 1.54) is 51.0 Å². The first-order chi connectivity index (χ1) is 19.4. The van der Waals surface area contributed by atoms with Gasteiger partial charge in [0, 0.05) is 49.2 Å². The van der Waals surface area contributed by atoms with Crippen LogP contribution in [0.2, 0.25) is 5.02 Å². The number of hydrogen-bond acceptors (Lipinski definition) is 11. The van der Waals surface area contributed by atoms with Crippen molar-refractivity contribution in [3.05, 3.63) is 59.0 Å². The summed E-state index contributed by atoms with van der Waals surface area (Å²) in [5, 5.41) is 8.54. The number of halogens is 3. The maximum absolute atomic E-state index is 14.3. The molecule has 218 valence electrons. The van der Waals surface area contributed by atoms with Gasteiger partial charge in [0.05, 0.1) is 11.2 Å². The zero-order chi connectivity index (χ0) is 29.8. The van der Waals surface area contributed by atoms with Crippen molar-refractivity contribution in [2.45, 2.75) is 62.4 Å². The monoisotopic (exact) mass is 610 g/mol. The third-order valence-electron chi connectivity index (χ3n) is 6.00. The van der Waals surface area contributed by atoms with E-state index in [-0.39, 0.29) is 23.4 Å². The maximum atomic E-state index is 14.3. The topological polar surface area (TPSA) is 132 Å². The molecule has 0 radical (unpaired) electrons. The van der Waals surface area contributed by atoms with Crippen molar-refractivity contribution in [3.63, 3.8) is 0 Å². The molecule has 1 aliphatic rings. The number of carbonyl (C=O) groups is 3. The van der Waals surface area contributed by atoms with Crippen LogP contribution in [0.5, 0.6) is 0 Å². The van der Waals surface area contributed by atoms with Crippen LogP contribution in [-0.2, 0) is 33.3 Å². The van der Waals surface area contributed by atoms with Gasteiger partial charge < -0.3 is 18.9 Å². The van der Waals surface area contributed by atoms with Crippen LogP contribution in [0, 0.1) is 18.6 Å². The quantitative estimate of drug-likeness (QED) is 0.270. The smallest absolute Gasteiger partial charge is 0.303 e. The summed E-state index contributed by atoms with van der Waals surface area (Å²) in [6, 6.07) is 2.76. The number of thioether (sulfide) groups is 1. The summed E-state index contributed by atoms with van der Waals surface area (Å²) in [5.41, 5.74) is -0.931. The van der Waals surface area contributed by atoms with Crippen molar-refractivity contribution in [1.82, 2.24) is 20.0 Å². The Morgan fingerprint density at radius 2 is 1.68 bits per heavy atom. The van der Waals surface area contributed by atoms with E-state index in [1.54, 1.807) is 6.07 Å². The molecule has 15 heteroatoms. The Bertz CT molecular complexity index is 1440. The van der Waals surface area contributed by atoms with E-state index in [4.69, 9.17) is 30.5 Å². The van der Waals surface area contributed by atoms with Gasteiger partial charge in [-0.2, -0.15) is 0 Å². The van der Waals surface area contributed by atoms with Gasteiger partial charge in [-0.25, -0.2) is 13.5 Å². The van der Waals surface area contributed by atoms with E-state index in [9.17, 15) is 23.2 Å². The summed E-state index contributed by atoms with van der Waals surface area (Å²) in [6.45, 7) is 4.55. The second kappa shape index (κ2) is 12.9. The highest BCUT2D eigenvalue weighted by Gasteiger charge is 2.52. The van der Waals surface area contributed by atoms with Crippen LogP contribution in [0.3, 0.4) is 0 Å². The summed E-state index contributed by atoms with van der Waals surface area (Å²) >= 11 is 7.21. The number of benzene rings is 1. The number of nitrogens with zero attached hydrogens (tertiary/aromatic N) is 4. The van der Waals surface area contributed by atoms with Crippen LogP contribution in [0.25, 0.3) is 11.3 Å². The molecule has 0 amide bonds. The molecule has 4 rings (SSSR count). The molecule has 2 aromatic heterocycles. The molecular weight excluding hydrogens is 586 g/mol. The van der Waals surface area contributed by atoms with Gasteiger partial charge in [0.1, 0.15) is 41.5 Å². The van der Waals surface area contributed by atoms with Crippen LogP contribution in [0.4, 0.5) is 8.78 Å². The highest BCUT2D eigenvalue weighted by Crippen LogP contribution is 2.41. The minimum Gasteiger partial charge on any atom is -0.463 e. The lowest BCUT2D eigenvalue weighted by atomic mass is 9.96. The van der Waals surface area contributed by atoms with E-state index in [0.717, 1.165) is 23.9 Å². The van der Waals surface area contributed by atoms with Crippen molar-refractivity contribution in [2.75, 3.05) is 6.61 Å². The minimum absolute atomic E-state index is 0.0947. The average Bonchev–Trinajstić information content (AvgIpc) is 3.37. The molecule has 41 heavy (non-hydrogen) atoms. The summed E-state index contributed by atoms with van der Waals surface area (Å²) in [4.78, 5) is 40.7. The van der Waals surface area contributed by atoms with Crippen LogP contribution in [0.1, 0.15) is 32.4 Å². The first kappa shape index (κ1) is 30.3.